The molecule has 8 aromatic rings. The lowest BCUT2D eigenvalue weighted by atomic mass is 9.90. The summed E-state index contributed by atoms with van der Waals surface area (Å²) in [5.74, 6) is 1.75. The molecular formula is C46H31NO. The fourth-order valence-corrected chi connectivity index (χ4v) is 6.94. The van der Waals surface area contributed by atoms with Crippen molar-refractivity contribution in [1.29, 1.82) is 0 Å². The van der Waals surface area contributed by atoms with Crippen molar-refractivity contribution in [2.75, 3.05) is 4.90 Å². The van der Waals surface area contributed by atoms with Gasteiger partial charge in [-0.05, 0) is 93.5 Å². The minimum atomic E-state index is 0.877. The Bertz CT molecular complexity index is 2400. The van der Waals surface area contributed by atoms with Crippen LogP contribution in [0.25, 0.3) is 55.3 Å². The first-order chi connectivity index (χ1) is 23.8. The molecule has 1 aliphatic rings. The van der Waals surface area contributed by atoms with Crippen LogP contribution < -0.4 is 9.64 Å². The van der Waals surface area contributed by atoms with E-state index in [0.717, 1.165) is 50.5 Å². The number of hydrogen-bond acceptors (Lipinski definition) is 2. The number of anilines is 3. The Morgan fingerprint density at radius 1 is 0.333 bits per heavy atom. The van der Waals surface area contributed by atoms with Crippen molar-refractivity contribution < 1.29 is 4.74 Å². The second-order valence-corrected chi connectivity index (χ2v) is 12.2. The molecule has 0 amide bonds. The van der Waals surface area contributed by atoms with E-state index >= 15 is 0 Å². The summed E-state index contributed by atoms with van der Waals surface area (Å²) in [6.45, 7) is 0. The van der Waals surface area contributed by atoms with Gasteiger partial charge in [-0.2, -0.15) is 0 Å². The van der Waals surface area contributed by atoms with E-state index < -0.39 is 0 Å². The SMILES string of the molecule is c1ccc(-c2ccc(N(c3ccccc3)c3ccc4c5c(cccc35)Oc3ccc(-c5cccc(-c6ccccc6)c5)cc3-4)cc2)cc1. The van der Waals surface area contributed by atoms with Crippen LogP contribution in [0.4, 0.5) is 17.1 Å². The average molecular weight is 614 g/mol. The van der Waals surface area contributed by atoms with Crippen molar-refractivity contribution in [2.45, 2.75) is 0 Å². The van der Waals surface area contributed by atoms with Gasteiger partial charge in [0.05, 0.1) is 5.69 Å². The molecule has 0 unspecified atom stereocenters. The molecule has 9 rings (SSSR count). The van der Waals surface area contributed by atoms with Crippen LogP contribution in [0.2, 0.25) is 0 Å². The van der Waals surface area contributed by atoms with Crippen LogP contribution in [0.3, 0.4) is 0 Å². The van der Waals surface area contributed by atoms with Gasteiger partial charge in [0.15, 0.2) is 0 Å². The van der Waals surface area contributed by atoms with Crippen molar-refractivity contribution in [3.8, 4) is 56.0 Å². The molecular weight excluding hydrogens is 583 g/mol. The summed E-state index contributed by atoms with van der Waals surface area (Å²) in [4.78, 5) is 2.35. The summed E-state index contributed by atoms with van der Waals surface area (Å²) in [5, 5.41) is 2.27. The third-order valence-electron chi connectivity index (χ3n) is 9.26. The van der Waals surface area contributed by atoms with E-state index in [2.05, 4.69) is 193 Å². The first-order valence-electron chi connectivity index (χ1n) is 16.3. The predicted molar refractivity (Wildman–Crippen MR) is 200 cm³/mol. The molecule has 1 aliphatic heterocycles. The Balaban J connectivity index is 1.17. The van der Waals surface area contributed by atoms with Crippen LogP contribution >= 0.6 is 0 Å². The van der Waals surface area contributed by atoms with E-state index in [0.29, 0.717) is 0 Å². The molecule has 0 bridgehead atoms. The lowest BCUT2D eigenvalue weighted by Gasteiger charge is -2.29. The van der Waals surface area contributed by atoms with Crippen LogP contribution in [-0.2, 0) is 0 Å². The largest absolute Gasteiger partial charge is 0.456 e. The Hall–Kier alpha value is -6.38. The first kappa shape index (κ1) is 27.9. The molecule has 0 fully saturated rings. The van der Waals surface area contributed by atoms with Crippen LogP contribution in [0, 0.1) is 0 Å². The highest BCUT2D eigenvalue weighted by Gasteiger charge is 2.24. The van der Waals surface area contributed by atoms with Gasteiger partial charge in [0.25, 0.3) is 0 Å². The van der Waals surface area contributed by atoms with E-state index in [1.165, 1.54) is 33.4 Å². The summed E-state index contributed by atoms with van der Waals surface area (Å²) >= 11 is 0. The maximum absolute atomic E-state index is 6.63. The Morgan fingerprint density at radius 2 is 0.875 bits per heavy atom. The van der Waals surface area contributed by atoms with E-state index in [9.17, 15) is 0 Å². The normalized spacial score (nSPS) is 11.5. The van der Waals surface area contributed by atoms with Gasteiger partial charge in [-0.1, -0.05) is 133 Å². The zero-order chi connectivity index (χ0) is 31.9. The van der Waals surface area contributed by atoms with Gasteiger partial charge in [-0.3, -0.25) is 0 Å². The minimum Gasteiger partial charge on any atom is -0.456 e. The third-order valence-corrected chi connectivity index (χ3v) is 9.26. The lowest BCUT2D eigenvalue weighted by molar-refractivity contribution is 0.487. The van der Waals surface area contributed by atoms with Crippen LogP contribution in [-0.4, -0.2) is 0 Å². The number of rotatable bonds is 6. The molecule has 0 saturated carbocycles. The molecule has 0 aromatic heterocycles. The molecule has 0 saturated heterocycles. The summed E-state index contributed by atoms with van der Waals surface area (Å²) < 4.78 is 6.63. The summed E-state index contributed by atoms with van der Waals surface area (Å²) in [6, 6.07) is 66.8. The number of benzene rings is 8. The second kappa shape index (κ2) is 11.8. The molecule has 226 valence electrons. The molecule has 0 atom stereocenters. The molecule has 48 heavy (non-hydrogen) atoms. The van der Waals surface area contributed by atoms with Gasteiger partial charge in [0.1, 0.15) is 11.5 Å². The van der Waals surface area contributed by atoms with E-state index in [1.807, 2.05) is 0 Å². The maximum atomic E-state index is 6.63. The van der Waals surface area contributed by atoms with Gasteiger partial charge in [0.2, 0.25) is 0 Å². The van der Waals surface area contributed by atoms with Crippen molar-refractivity contribution in [3.05, 3.63) is 188 Å². The van der Waals surface area contributed by atoms with Gasteiger partial charge in [-0.15, -0.1) is 0 Å². The monoisotopic (exact) mass is 613 g/mol. The fourth-order valence-electron chi connectivity index (χ4n) is 6.94. The topological polar surface area (TPSA) is 12.5 Å². The fraction of sp³-hybridized carbons (Fsp3) is 0. The van der Waals surface area contributed by atoms with E-state index in [-0.39, 0.29) is 0 Å². The highest BCUT2D eigenvalue weighted by atomic mass is 16.5. The number of para-hydroxylation sites is 1. The summed E-state index contributed by atoms with van der Waals surface area (Å²) in [7, 11) is 0. The van der Waals surface area contributed by atoms with Crippen LogP contribution in [0.5, 0.6) is 11.5 Å². The molecule has 0 aliphatic carbocycles. The van der Waals surface area contributed by atoms with E-state index in [1.54, 1.807) is 0 Å². The molecule has 0 spiro atoms. The summed E-state index contributed by atoms with van der Waals surface area (Å²) in [6.07, 6.45) is 0. The number of nitrogens with zero attached hydrogens (tertiary/aromatic N) is 1. The molecule has 2 nitrogen and oxygen atoms in total. The van der Waals surface area contributed by atoms with Crippen molar-refractivity contribution in [1.82, 2.24) is 0 Å². The quantitative estimate of drug-likeness (QED) is 0.185. The third kappa shape index (κ3) is 4.92. The Kier molecular flexibility index (Phi) is 6.84. The molecule has 0 N–H and O–H groups in total. The molecule has 0 radical (unpaired) electrons. The average Bonchev–Trinajstić information content (AvgIpc) is 3.17. The maximum Gasteiger partial charge on any atom is 0.135 e. The van der Waals surface area contributed by atoms with Gasteiger partial charge >= 0.3 is 0 Å². The van der Waals surface area contributed by atoms with Gasteiger partial charge in [-0.25, -0.2) is 0 Å². The Morgan fingerprint density at radius 3 is 1.60 bits per heavy atom. The Labute approximate surface area is 280 Å². The van der Waals surface area contributed by atoms with Gasteiger partial charge < -0.3 is 9.64 Å². The molecule has 1 heterocycles. The highest BCUT2D eigenvalue weighted by Crippen LogP contribution is 2.51. The number of hydrogen-bond donors (Lipinski definition) is 0. The zero-order valence-electron chi connectivity index (χ0n) is 26.3. The van der Waals surface area contributed by atoms with Gasteiger partial charge in [0, 0.05) is 27.7 Å². The second-order valence-electron chi connectivity index (χ2n) is 12.2. The van der Waals surface area contributed by atoms with Crippen molar-refractivity contribution in [3.63, 3.8) is 0 Å². The first-order valence-corrected chi connectivity index (χ1v) is 16.3. The molecule has 2 heteroatoms. The smallest absolute Gasteiger partial charge is 0.135 e. The standard InChI is InChI=1S/C46H31NO/c1-4-12-32(13-5-1)34-22-25-39(26-23-34)47(38-18-8-3-9-19-38)43-28-27-40-42-31-37(24-29-44(42)48-45-21-11-20-41(43)46(40)45)36-17-10-16-35(30-36)33-14-6-2-7-15-33/h1-31H. The number of ether oxygens (including phenoxy) is 1. The summed E-state index contributed by atoms with van der Waals surface area (Å²) in [5.41, 5.74) is 12.7. The lowest BCUT2D eigenvalue weighted by Crippen LogP contribution is -2.11. The molecule has 8 aromatic carbocycles. The van der Waals surface area contributed by atoms with Crippen molar-refractivity contribution in [2.24, 2.45) is 0 Å². The minimum absolute atomic E-state index is 0.877. The number of fused-ring (bicyclic) bond motifs is 2. The van der Waals surface area contributed by atoms with Crippen molar-refractivity contribution >= 4 is 27.8 Å². The van der Waals surface area contributed by atoms with Crippen LogP contribution in [0.15, 0.2) is 188 Å². The van der Waals surface area contributed by atoms with E-state index in [4.69, 9.17) is 4.74 Å². The zero-order valence-corrected chi connectivity index (χ0v) is 26.3. The predicted octanol–water partition coefficient (Wildman–Crippen LogP) is 13.1. The highest BCUT2D eigenvalue weighted by molar-refractivity contribution is 6.11. The van der Waals surface area contributed by atoms with Crippen LogP contribution in [0.1, 0.15) is 0 Å².